The average molecular weight is 752 g/mol. The Bertz CT molecular complexity index is 2980. The number of hydrogen-bond donors (Lipinski definition) is 0. The van der Waals surface area contributed by atoms with Crippen LogP contribution < -0.4 is 4.90 Å². The highest BCUT2D eigenvalue weighted by Crippen LogP contribution is 2.41. The van der Waals surface area contributed by atoms with Crippen LogP contribution in [0.1, 0.15) is 0 Å². The molecule has 10 rings (SSSR count). The van der Waals surface area contributed by atoms with Crippen LogP contribution in [-0.2, 0) is 0 Å². The first kappa shape index (κ1) is 35.7. The Balaban J connectivity index is 1.01. The summed E-state index contributed by atoms with van der Waals surface area (Å²) in [6, 6.07) is 89.7. The molecule has 0 fully saturated rings. The molecule has 0 spiro atoms. The van der Waals surface area contributed by atoms with Crippen LogP contribution in [0.5, 0.6) is 0 Å². The van der Waals surface area contributed by atoms with Gasteiger partial charge in [-0.1, -0.05) is 200 Å². The summed E-state index contributed by atoms with van der Waals surface area (Å²) in [5.74, 6) is 0. The Kier molecular flexibility index (Phi) is 9.68. The second-order valence-corrected chi connectivity index (χ2v) is 14.9. The van der Waals surface area contributed by atoms with Gasteiger partial charge in [0.1, 0.15) is 0 Å². The van der Waals surface area contributed by atoms with Crippen LogP contribution >= 0.6 is 0 Å². The van der Waals surface area contributed by atoms with E-state index in [-0.39, 0.29) is 0 Å². The third-order valence-corrected chi connectivity index (χ3v) is 11.3. The molecule has 0 aliphatic carbocycles. The zero-order valence-corrected chi connectivity index (χ0v) is 32.6. The predicted octanol–water partition coefficient (Wildman–Crippen LogP) is 16.3. The Labute approximate surface area is 346 Å². The summed E-state index contributed by atoms with van der Waals surface area (Å²) in [6.07, 6.45) is 0. The maximum absolute atomic E-state index is 2.35. The third kappa shape index (κ3) is 7.34. The smallest absolute Gasteiger partial charge is 0.0462 e. The van der Waals surface area contributed by atoms with E-state index in [1.165, 1.54) is 77.5 Å². The monoisotopic (exact) mass is 751 g/mol. The fourth-order valence-electron chi connectivity index (χ4n) is 8.30. The zero-order valence-electron chi connectivity index (χ0n) is 32.6. The van der Waals surface area contributed by atoms with Crippen molar-refractivity contribution in [3.05, 3.63) is 249 Å². The first-order valence-corrected chi connectivity index (χ1v) is 20.2. The molecule has 0 bridgehead atoms. The van der Waals surface area contributed by atoms with Gasteiger partial charge in [-0.3, -0.25) is 0 Å². The van der Waals surface area contributed by atoms with Gasteiger partial charge in [-0.2, -0.15) is 0 Å². The van der Waals surface area contributed by atoms with Crippen molar-refractivity contribution in [2.75, 3.05) is 4.90 Å². The second kappa shape index (κ2) is 16.0. The van der Waals surface area contributed by atoms with Crippen molar-refractivity contribution >= 4 is 27.8 Å². The first-order valence-electron chi connectivity index (χ1n) is 20.2. The molecular formula is C58H41N. The van der Waals surface area contributed by atoms with Gasteiger partial charge in [0, 0.05) is 17.1 Å². The summed E-state index contributed by atoms with van der Waals surface area (Å²) in [7, 11) is 0. The molecule has 0 aromatic heterocycles. The molecule has 0 aliphatic rings. The normalized spacial score (nSPS) is 11.1. The molecule has 0 saturated carbocycles. The maximum atomic E-state index is 2.35. The van der Waals surface area contributed by atoms with Crippen molar-refractivity contribution in [1.82, 2.24) is 0 Å². The van der Waals surface area contributed by atoms with Crippen LogP contribution in [0.4, 0.5) is 17.1 Å². The third-order valence-electron chi connectivity index (χ3n) is 11.3. The largest absolute Gasteiger partial charge is 0.311 e. The molecule has 278 valence electrons. The highest BCUT2D eigenvalue weighted by Gasteiger charge is 2.16. The van der Waals surface area contributed by atoms with E-state index in [0.717, 1.165) is 17.1 Å². The van der Waals surface area contributed by atoms with Crippen LogP contribution in [-0.4, -0.2) is 0 Å². The average Bonchev–Trinajstić information content (AvgIpc) is 3.33. The standard InChI is InChI=1S/C58H41N/c1-4-14-42(15-5-1)44-28-34-53(35-29-44)59(55-38-32-47(33-39-55)57-27-13-21-48-20-12-26-56(58(48)57)46-18-8-3-9-19-46)54-36-30-45(31-37-54)50-23-11-25-52(41-50)51-24-10-22-49(40-51)43-16-6-2-7-17-43/h1-41H. The van der Waals surface area contributed by atoms with Gasteiger partial charge in [0.25, 0.3) is 0 Å². The summed E-state index contributed by atoms with van der Waals surface area (Å²) >= 11 is 0. The minimum absolute atomic E-state index is 1.09. The van der Waals surface area contributed by atoms with Crippen molar-refractivity contribution in [3.63, 3.8) is 0 Å². The van der Waals surface area contributed by atoms with Gasteiger partial charge >= 0.3 is 0 Å². The van der Waals surface area contributed by atoms with Crippen molar-refractivity contribution in [2.24, 2.45) is 0 Å². The zero-order chi connectivity index (χ0) is 39.4. The van der Waals surface area contributed by atoms with E-state index < -0.39 is 0 Å². The van der Waals surface area contributed by atoms with Crippen LogP contribution in [0.2, 0.25) is 0 Å². The number of nitrogens with zero attached hydrogens (tertiary/aromatic N) is 1. The van der Waals surface area contributed by atoms with E-state index in [1.54, 1.807) is 0 Å². The summed E-state index contributed by atoms with van der Waals surface area (Å²) < 4.78 is 0. The fourth-order valence-corrected chi connectivity index (χ4v) is 8.30. The Morgan fingerprint density at radius 2 is 0.492 bits per heavy atom. The van der Waals surface area contributed by atoms with Gasteiger partial charge < -0.3 is 4.90 Å². The minimum atomic E-state index is 1.09. The predicted molar refractivity (Wildman–Crippen MR) is 251 cm³/mol. The lowest BCUT2D eigenvalue weighted by atomic mass is 9.91. The Hall–Kier alpha value is -7.74. The van der Waals surface area contributed by atoms with Crippen molar-refractivity contribution in [1.29, 1.82) is 0 Å². The van der Waals surface area contributed by atoms with E-state index >= 15 is 0 Å². The summed E-state index contributed by atoms with van der Waals surface area (Å²) in [5, 5.41) is 2.50. The highest BCUT2D eigenvalue weighted by atomic mass is 15.1. The molecule has 0 saturated heterocycles. The van der Waals surface area contributed by atoms with Crippen LogP contribution in [0.15, 0.2) is 249 Å². The molecular weight excluding hydrogens is 711 g/mol. The number of rotatable bonds is 9. The molecule has 10 aromatic rings. The van der Waals surface area contributed by atoms with Gasteiger partial charge in [-0.25, -0.2) is 0 Å². The minimum Gasteiger partial charge on any atom is -0.311 e. The summed E-state index contributed by atoms with van der Waals surface area (Å²) in [6.45, 7) is 0. The van der Waals surface area contributed by atoms with Gasteiger partial charge in [0.05, 0.1) is 0 Å². The lowest BCUT2D eigenvalue weighted by Crippen LogP contribution is -2.09. The molecule has 0 N–H and O–H groups in total. The highest BCUT2D eigenvalue weighted by molar-refractivity contribution is 6.06. The molecule has 0 atom stereocenters. The number of hydrogen-bond acceptors (Lipinski definition) is 1. The molecule has 0 radical (unpaired) electrons. The van der Waals surface area contributed by atoms with E-state index in [9.17, 15) is 0 Å². The summed E-state index contributed by atoms with van der Waals surface area (Å²) in [5.41, 5.74) is 17.8. The maximum Gasteiger partial charge on any atom is 0.0462 e. The molecule has 0 aliphatic heterocycles. The molecule has 0 amide bonds. The molecule has 1 heteroatoms. The van der Waals surface area contributed by atoms with Gasteiger partial charge in [0.15, 0.2) is 0 Å². The molecule has 1 nitrogen and oxygen atoms in total. The molecule has 0 heterocycles. The number of benzene rings is 10. The van der Waals surface area contributed by atoms with E-state index in [0.29, 0.717) is 0 Å². The Morgan fingerprint density at radius 1 is 0.203 bits per heavy atom. The van der Waals surface area contributed by atoms with Crippen LogP contribution in [0.3, 0.4) is 0 Å². The van der Waals surface area contributed by atoms with Crippen LogP contribution in [0, 0.1) is 0 Å². The van der Waals surface area contributed by atoms with E-state index in [1.807, 2.05) is 0 Å². The SMILES string of the molecule is c1ccc(-c2ccc(N(c3ccc(-c4cccc(-c5cccc(-c6ccccc6)c5)c4)cc3)c3ccc(-c4cccc5cccc(-c6ccccc6)c45)cc3)cc2)cc1. The quantitative estimate of drug-likeness (QED) is 0.142. The van der Waals surface area contributed by atoms with Crippen LogP contribution in [0.25, 0.3) is 77.5 Å². The van der Waals surface area contributed by atoms with E-state index in [2.05, 4.69) is 254 Å². The lowest BCUT2D eigenvalue weighted by Gasteiger charge is -2.26. The number of anilines is 3. The molecule has 10 aromatic carbocycles. The fraction of sp³-hybridized carbons (Fsp3) is 0. The number of fused-ring (bicyclic) bond motifs is 1. The summed E-state index contributed by atoms with van der Waals surface area (Å²) in [4.78, 5) is 2.35. The molecule has 59 heavy (non-hydrogen) atoms. The van der Waals surface area contributed by atoms with Crippen molar-refractivity contribution < 1.29 is 0 Å². The van der Waals surface area contributed by atoms with Gasteiger partial charge in [-0.05, 0) is 126 Å². The topological polar surface area (TPSA) is 3.24 Å². The van der Waals surface area contributed by atoms with Gasteiger partial charge in [-0.15, -0.1) is 0 Å². The lowest BCUT2D eigenvalue weighted by molar-refractivity contribution is 1.28. The molecule has 0 unspecified atom stereocenters. The van der Waals surface area contributed by atoms with Gasteiger partial charge in [0.2, 0.25) is 0 Å². The first-order chi connectivity index (χ1) is 29.2. The second-order valence-electron chi connectivity index (χ2n) is 14.9. The van der Waals surface area contributed by atoms with Crippen molar-refractivity contribution in [2.45, 2.75) is 0 Å². The Morgan fingerprint density at radius 3 is 0.932 bits per heavy atom. The van der Waals surface area contributed by atoms with E-state index in [4.69, 9.17) is 0 Å². The van der Waals surface area contributed by atoms with Crippen molar-refractivity contribution in [3.8, 4) is 66.8 Å².